The van der Waals surface area contributed by atoms with Gasteiger partial charge < -0.3 is 9.88 Å². The van der Waals surface area contributed by atoms with Crippen LogP contribution in [0.4, 0.5) is 0 Å². The highest BCUT2D eigenvalue weighted by atomic mass is 16.2. The molecule has 5 nitrogen and oxygen atoms in total. The first-order chi connectivity index (χ1) is 9.39. The maximum atomic E-state index is 12.4. The van der Waals surface area contributed by atoms with Gasteiger partial charge in [-0.2, -0.15) is 0 Å². The van der Waals surface area contributed by atoms with Crippen molar-refractivity contribution in [1.82, 2.24) is 14.9 Å². The van der Waals surface area contributed by atoms with Gasteiger partial charge in [0.2, 0.25) is 0 Å². The van der Waals surface area contributed by atoms with Crippen molar-refractivity contribution >= 4 is 5.91 Å². The standard InChI is InChI=1S/C15H23N3O2/c1-15(2,3)11-5-4-7-18(8-6-11)14(20)12-9-16-10-17-13(12)19/h9-11H,4-8H2,1-3H3,(H,16,17,19)/t11-/m1/s1. The van der Waals surface area contributed by atoms with Crippen LogP contribution in [0, 0.1) is 11.3 Å². The number of hydrogen-bond acceptors (Lipinski definition) is 3. The second-order valence-corrected chi connectivity index (χ2v) is 6.58. The number of carbonyl (C=O) groups is 1. The average Bonchev–Trinajstić information content (AvgIpc) is 2.63. The van der Waals surface area contributed by atoms with E-state index >= 15 is 0 Å². The van der Waals surface area contributed by atoms with Crippen molar-refractivity contribution in [2.75, 3.05) is 13.1 Å². The predicted molar refractivity (Wildman–Crippen MR) is 77.6 cm³/mol. The van der Waals surface area contributed by atoms with E-state index in [-0.39, 0.29) is 22.4 Å². The third kappa shape index (κ3) is 3.26. The number of hydrogen-bond donors (Lipinski definition) is 1. The van der Waals surface area contributed by atoms with Gasteiger partial charge in [0.05, 0.1) is 6.33 Å². The van der Waals surface area contributed by atoms with Gasteiger partial charge in [0.1, 0.15) is 5.56 Å². The normalized spacial score (nSPS) is 20.6. The Morgan fingerprint density at radius 1 is 1.35 bits per heavy atom. The molecule has 1 N–H and O–H groups in total. The summed E-state index contributed by atoms with van der Waals surface area (Å²) in [5, 5.41) is 0. The monoisotopic (exact) mass is 277 g/mol. The summed E-state index contributed by atoms with van der Waals surface area (Å²) < 4.78 is 0. The van der Waals surface area contributed by atoms with Crippen LogP contribution in [-0.4, -0.2) is 33.9 Å². The van der Waals surface area contributed by atoms with Gasteiger partial charge in [-0.25, -0.2) is 4.98 Å². The molecule has 0 aromatic carbocycles. The topological polar surface area (TPSA) is 66.1 Å². The molecule has 1 saturated heterocycles. The van der Waals surface area contributed by atoms with Crippen LogP contribution in [0.15, 0.2) is 17.3 Å². The Morgan fingerprint density at radius 3 is 2.75 bits per heavy atom. The number of aromatic amines is 1. The average molecular weight is 277 g/mol. The molecular weight excluding hydrogens is 254 g/mol. The summed E-state index contributed by atoms with van der Waals surface area (Å²) in [6, 6.07) is 0. The molecule has 110 valence electrons. The van der Waals surface area contributed by atoms with Gasteiger partial charge in [-0.1, -0.05) is 20.8 Å². The minimum atomic E-state index is -0.360. The quantitative estimate of drug-likeness (QED) is 0.854. The fourth-order valence-corrected chi connectivity index (χ4v) is 2.83. The molecule has 0 aliphatic carbocycles. The lowest BCUT2D eigenvalue weighted by atomic mass is 9.77. The van der Waals surface area contributed by atoms with Crippen LogP contribution in [0.25, 0.3) is 0 Å². The van der Waals surface area contributed by atoms with Crippen LogP contribution >= 0.6 is 0 Å². The molecule has 1 aromatic heterocycles. The van der Waals surface area contributed by atoms with Crippen molar-refractivity contribution in [1.29, 1.82) is 0 Å². The zero-order valence-electron chi connectivity index (χ0n) is 12.5. The Bertz CT molecular complexity index is 530. The largest absolute Gasteiger partial charge is 0.338 e. The minimum absolute atomic E-state index is 0.140. The number of H-pyrrole nitrogens is 1. The number of nitrogens with one attached hydrogen (secondary N) is 1. The highest BCUT2D eigenvalue weighted by molar-refractivity contribution is 5.93. The van der Waals surface area contributed by atoms with Gasteiger partial charge in [0, 0.05) is 19.3 Å². The summed E-state index contributed by atoms with van der Waals surface area (Å²) in [6.45, 7) is 8.19. The molecule has 2 rings (SSSR count). The van der Waals surface area contributed by atoms with Crippen LogP contribution < -0.4 is 5.56 Å². The summed E-state index contributed by atoms with van der Waals surface area (Å²) in [7, 11) is 0. The summed E-state index contributed by atoms with van der Waals surface area (Å²) in [4.78, 5) is 32.1. The van der Waals surface area contributed by atoms with E-state index in [1.807, 2.05) is 0 Å². The fourth-order valence-electron chi connectivity index (χ4n) is 2.83. The van der Waals surface area contributed by atoms with E-state index in [0.717, 1.165) is 32.4 Å². The lowest BCUT2D eigenvalue weighted by molar-refractivity contribution is 0.0753. The van der Waals surface area contributed by atoms with Crippen molar-refractivity contribution in [2.45, 2.75) is 40.0 Å². The van der Waals surface area contributed by atoms with Gasteiger partial charge >= 0.3 is 0 Å². The second-order valence-electron chi connectivity index (χ2n) is 6.58. The van der Waals surface area contributed by atoms with Crippen molar-refractivity contribution in [3.05, 3.63) is 28.4 Å². The minimum Gasteiger partial charge on any atom is -0.338 e. The molecule has 1 aromatic rings. The van der Waals surface area contributed by atoms with Crippen LogP contribution in [0.3, 0.4) is 0 Å². The zero-order chi connectivity index (χ0) is 14.8. The Morgan fingerprint density at radius 2 is 2.10 bits per heavy atom. The van der Waals surface area contributed by atoms with Crippen LogP contribution in [0.1, 0.15) is 50.4 Å². The van der Waals surface area contributed by atoms with Crippen molar-refractivity contribution < 1.29 is 4.79 Å². The van der Waals surface area contributed by atoms with Gasteiger partial charge in [0.25, 0.3) is 11.5 Å². The number of likely N-dealkylation sites (tertiary alicyclic amines) is 1. The Balaban J connectivity index is 2.10. The number of rotatable bonds is 1. The molecule has 2 heterocycles. The number of nitrogens with zero attached hydrogens (tertiary/aromatic N) is 2. The molecule has 0 radical (unpaired) electrons. The molecule has 1 amide bonds. The molecule has 1 aliphatic rings. The molecule has 1 fully saturated rings. The lowest BCUT2D eigenvalue weighted by Crippen LogP contribution is -2.36. The third-order valence-electron chi connectivity index (χ3n) is 4.19. The predicted octanol–water partition coefficient (Wildman–Crippen LogP) is 2.06. The fraction of sp³-hybridized carbons (Fsp3) is 0.667. The number of aromatic nitrogens is 2. The summed E-state index contributed by atoms with van der Waals surface area (Å²) >= 11 is 0. The van der Waals surface area contributed by atoms with Crippen LogP contribution in [-0.2, 0) is 0 Å². The number of amides is 1. The van der Waals surface area contributed by atoms with E-state index < -0.39 is 0 Å². The van der Waals surface area contributed by atoms with Crippen molar-refractivity contribution in [3.8, 4) is 0 Å². The number of carbonyl (C=O) groups excluding carboxylic acids is 1. The molecule has 0 bridgehead atoms. The summed E-state index contributed by atoms with van der Waals surface area (Å²) in [5.41, 5.74) is 0.0495. The van der Waals surface area contributed by atoms with Gasteiger partial charge in [-0.15, -0.1) is 0 Å². The van der Waals surface area contributed by atoms with Gasteiger partial charge in [-0.05, 0) is 30.6 Å². The maximum Gasteiger partial charge on any atom is 0.263 e. The van der Waals surface area contributed by atoms with E-state index in [2.05, 4.69) is 30.7 Å². The Labute approximate surface area is 119 Å². The first kappa shape index (κ1) is 14.8. The molecule has 0 unspecified atom stereocenters. The smallest absolute Gasteiger partial charge is 0.263 e. The van der Waals surface area contributed by atoms with Crippen LogP contribution in [0.5, 0.6) is 0 Å². The molecule has 0 spiro atoms. The Hall–Kier alpha value is -1.65. The van der Waals surface area contributed by atoms with E-state index in [9.17, 15) is 9.59 Å². The Kier molecular flexibility index (Phi) is 4.26. The van der Waals surface area contributed by atoms with Gasteiger partial charge in [-0.3, -0.25) is 9.59 Å². The van der Waals surface area contributed by atoms with Crippen molar-refractivity contribution in [2.24, 2.45) is 11.3 Å². The van der Waals surface area contributed by atoms with E-state index in [0.29, 0.717) is 5.92 Å². The molecule has 1 aliphatic heterocycles. The van der Waals surface area contributed by atoms with E-state index in [1.165, 1.54) is 12.5 Å². The van der Waals surface area contributed by atoms with E-state index in [4.69, 9.17) is 0 Å². The summed E-state index contributed by atoms with van der Waals surface area (Å²) in [5.74, 6) is 0.418. The third-order valence-corrected chi connectivity index (χ3v) is 4.19. The lowest BCUT2D eigenvalue weighted by Gasteiger charge is -2.29. The van der Waals surface area contributed by atoms with E-state index in [1.54, 1.807) is 4.90 Å². The SMILES string of the molecule is CC(C)(C)[C@@H]1CCCN(C(=O)c2cnc[nH]c2=O)CC1. The summed E-state index contributed by atoms with van der Waals surface area (Å²) in [6.07, 6.45) is 5.78. The molecule has 5 heteroatoms. The second kappa shape index (κ2) is 5.77. The highest BCUT2D eigenvalue weighted by Crippen LogP contribution is 2.34. The molecule has 20 heavy (non-hydrogen) atoms. The zero-order valence-corrected chi connectivity index (χ0v) is 12.5. The van der Waals surface area contributed by atoms with Crippen LogP contribution in [0.2, 0.25) is 0 Å². The highest BCUT2D eigenvalue weighted by Gasteiger charge is 2.29. The van der Waals surface area contributed by atoms with Crippen molar-refractivity contribution in [3.63, 3.8) is 0 Å². The molecule has 1 atom stereocenters. The molecular formula is C15H23N3O2. The molecule has 0 saturated carbocycles. The van der Waals surface area contributed by atoms with Gasteiger partial charge in [0.15, 0.2) is 0 Å². The first-order valence-electron chi connectivity index (χ1n) is 7.21. The first-order valence-corrected chi connectivity index (χ1v) is 7.21. The maximum absolute atomic E-state index is 12.4.